The zero-order valence-electron chi connectivity index (χ0n) is 7.55. The number of hydrogen-bond donors (Lipinski definition) is 1. The summed E-state index contributed by atoms with van der Waals surface area (Å²) in [5, 5.41) is 8.62. The largest absolute Gasteiger partial charge is 0.378 e. The molecule has 0 aromatic carbocycles. The summed E-state index contributed by atoms with van der Waals surface area (Å²) in [5.41, 5.74) is 1.18. The maximum atomic E-state index is 11.2. The van der Waals surface area contributed by atoms with Crippen LogP contribution in [-0.4, -0.2) is 12.1 Å². The molecule has 0 amide bonds. The average molecular weight is 178 g/mol. The molecule has 0 radical (unpaired) electrons. The molecule has 1 heterocycles. The van der Waals surface area contributed by atoms with E-state index < -0.39 is 0 Å². The Bertz CT molecular complexity index is 401. The summed E-state index contributed by atoms with van der Waals surface area (Å²) in [6.07, 6.45) is 0. The van der Waals surface area contributed by atoms with E-state index >= 15 is 0 Å². The zero-order valence-corrected chi connectivity index (χ0v) is 7.55. The third kappa shape index (κ3) is 1.95. The number of aryl methyl sites for hydroxylation is 1. The average Bonchev–Trinajstić information content (AvgIpc) is 2.04. The highest BCUT2D eigenvalue weighted by molar-refractivity contribution is 5.35. The first-order chi connectivity index (χ1) is 6.19. The van der Waals surface area contributed by atoms with E-state index in [1.54, 1.807) is 20.1 Å². The normalized spacial score (nSPS) is 9.62. The van der Waals surface area contributed by atoms with Crippen LogP contribution in [0.4, 0.5) is 0 Å². The standard InChI is InChI=1S/C9H10N2O2/c1-6-3-7(5-13-2)11-9(12)8(6)4-10/h3H,5H2,1-2H3,(H,11,12). The van der Waals surface area contributed by atoms with Gasteiger partial charge in [0.15, 0.2) is 0 Å². The van der Waals surface area contributed by atoms with Gasteiger partial charge in [0.25, 0.3) is 5.56 Å². The molecule has 0 aliphatic rings. The quantitative estimate of drug-likeness (QED) is 0.724. The number of pyridine rings is 1. The molecule has 0 unspecified atom stereocenters. The van der Waals surface area contributed by atoms with Crippen molar-refractivity contribution in [1.82, 2.24) is 4.98 Å². The molecule has 0 fully saturated rings. The number of nitriles is 1. The van der Waals surface area contributed by atoms with E-state index in [1.165, 1.54) is 0 Å². The monoisotopic (exact) mass is 178 g/mol. The summed E-state index contributed by atoms with van der Waals surface area (Å²) in [6.45, 7) is 2.08. The Labute approximate surface area is 75.8 Å². The molecule has 4 nitrogen and oxygen atoms in total. The van der Waals surface area contributed by atoms with E-state index in [9.17, 15) is 4.79 Å². The second-order valence-corrected chi connectivity index (χ2v) is 2.73. The highest BCUT2D eigenvalue weighted by Crippen LogP contribution is 2.03. The number of aromatic amines is 1. The highest BCUT2D eigenvalue weighted by atomic mass is 16.5. The number of aromatic nitrogens is 1. The topological polar surface area (TPSA) is 65.9 Å². The molecule has 0 bridgehead atoms. The lowest BCUT2D eigenvalue weighted by atomic mass is 10.1. The molecule has 0 aliphatic carbocycles. The fourth-order valence-corrected chi connectivity index (χ4v) is 1.13. The molecule has 1 N–H and O–H groups in total. The molecule has 0 atom stereocenters. The van der Waals surface area contributed by atoms with Gasteiger partial charge in [0.2, 0.25) is 0 Å². The minimum atomic E-state index is -0.352. The smallest absolute Gasteiger partial charge is 0.266 e. The maximum Gasteiger partial charge on any atom is 0.266 e. The summed E-state index contributed by atoms with van der Waals surface area (Å²) in [4.78, 5) is 13.8. The van der Waals surface area contributed by atoms with Crippen molar-refractivity contribution in [2.75, 3.05) is 7.11 Å². The van der Waals surface area contributed by atoms with Crippen molar-refractivity contribution in [3.8, 4) is 6.07 Å². The van der Waals surface area contributed by atoms with Crippen LogP contribution in [0.1, 0.15) is 16.8 Å². The number of methoxy groups -OCH3 is 1. The van der Waals surface area contributed by atoms with Gasteiger partial charge in [0.1, 0.15) is 11.6 Å². The van der Waals surface area contributed by atoms with Crippen LogP contribution in [0.25, 0.3) is 0 Å². The van der Waals surface area contributed by atoms with E-state index in [1.807, 2.05) is 6.07 Å². The van der Waals surface area contributed by atoms with Crippen molar-refractivity contribution in [2.24, 2.45) is 0 Å². The zero-order chi connectivity index (χ0) is 9.84. The Kier molecular flexibility index (Phi) is 2.83. The first-order valence-corrected chi connectivity index (χ1v) is 3.81. The Morgan fingerprint density at radius 3 is 2.85 bits per heavy atom. The molecular weight excluding hydrogens is 168 g/mol. The molecule has 4 heteroatoms. The minimum absolute atomic E-state index is 0.167. The van der Waals surface area contributed by atoms with Gasteiger partial charge in [-0.1, -0.05) is 0 Å². The van der Waals surface area contributed by atoms with Crippen LogP contribution >= 0.6 is 0 Å². The van der Waals surface area contributed by atoms with E-state index in [-0.39, 0.29) is 11.1 Å². The van der Waals surface area contributed by atoms with Crippen LogP contribution in [0, 0.1) is 18.3 Å². The van der Waals surface area contributed by atoms with Gasteiger partial charge < -0.3 is 9.72 Å². The second-order valence-electron chi connectivity index (χ2n) is 2.73. The summed E-state index contributed by atoms with van der Waals surface area (Å²) in [6, 6.07) is 3.59. The Morgan fingerprint density at radius 1 is 1.69 bits per heavy atom. The van der Waals surface area contributed by atoms with Crippen molar-refractivity contribution >= 4 is 0 Å². The van der Waals surface area contributed by atoms with Crippen LogP contribution in [0.3, 0.4) is 0 Å². The van der Waals surface area contributed by atoms with Crippen molar-refractivity contribution in [3.63, 3.8) is 0 Å². The molecule has 0 spiro atoms. The van der Waals surface area contributed by atoms with Crippen LogP contribution in [0.2, 0.25) is 0 Å². The molecule has 0 saturated heterocycles. The lowest BCUT2D eigenvalue weighted by Gasteiger charge is -2.01. The second kappa shape index (κ2) is 3.87. The summed E-state index contributed by atoms with van der Waals surface area (Å²) < 4.78 is 4.86. The van der Waals surface area contributed by atoms with Crippen LogP contribution < -0.4 is 5.56 Å². The SMILES string of the molecule is COCc1cc(C)c(C#N)c(=O)[nH]1. The molecule has 1 aromatic heterocycles. The first kappa shape index (κ1) is 9.49. The highest BCUT2D eigenvalue weighted by Gasteiger charge is 2.04. The number of ether oxygens (including phenoxy) is 1. The van der Waals surface area contributed by atoms with Gasteiger partial charge in [-0.15, -0.1) is 0 Å². The molecule has 13 heavy (non-hydrogen) atoms. The van der Waals surface area contributed by atoms with E-state index in [4.69, 9.17) is 10.00 Å². The van der Waals surface area contributed by atoms with Gasteiger partial charge in [0.05, 0.1) is 6.61 Å². The summed E-state index contributed by atoms with van der Waals surface area (Å²) >= 11 is 0. The van der Waals surface area contributed by atoms with Gasteiger partial charge in [-0.05, 0) is 18.6 Å². The van der Waals surface area contributed by atoms with Crippen LogP contribution in [0.15, 0.2) is 10.9 Å². The number of rotatable bonds is 2. The van der Waals surface area contributed by atoms with Crippen molar-refractivity contribution in [3.05, 3.63) is 33.2 Å². The molecule has 1 rings (SSSR count). The van der Waals surface area contributed by atoms with Crippen LogP contribution in [-0.2, 0) is 11.3 Å². The van der Waals surface area contributed by atoms with Gasteiger partial charge in [0, 0.05) is 12.8 Å². The Morgan fingerprint density at radius 2 is 2.38 bits per heavy atom. The number of nitrogens with one attached hydrogen (secondary N) is 1. The predicted octanol–water partition coefficient (Wildman–Crippen LogP) is 0.701. The molecule has 68 valence electrons. The lowest BCUT2D eigenvalue weighted by molar-refractivity contribution is 0.181. The Hall–Kier alpha value is -1.60. The van der Waals surface area contributed by atoms with Gasteiger partial charge in [-0.2, -0.15) is 5.26 Å². The predicted molar refractivity (Wildman–Crippen MR) is 47.2 cm³/mol. The van der Waals surface area contributed by atoms with Gasteiger partial charge in [-0.25, -0.2) is 0 Å². The molecule has 0 aliphatic heterocycles. The first-order valence-electron chi connectivity index (χ1n) is 3.81. The molecule has 0 saturated carbocycles. The van der Waals surface area contributed by atoms with Gasteiger partial charge in [-0.3, -0.25) is 4.79 Å². The fourth-order valence-electron chi connectivity index (χ4n) is 1.13. The van der Waals surface area contributed by atoms with Crippen LogP contribution in [0.5, 0.6) is 0 Å². The number of hydrogen-bond acceptors (Lipinski definition) is 3. The third-order valence-corrected chi connectivity index (χ3v) is 1.70. The Balaban J connectivity index is 3.23. The van der Waals surface area contributed by atoms with E-state index in [2.05, 4.69) is 4.98 Å². The van der Waals surface area contributed by atoms with Crippen molar-refractivity contribution in [2.45, 2.75) is 13.5 Å². The number of nitrogens with zero attached hydrogens (tertiary/aromatic N) is 1. The third-order valence-electron chi connectivity index (χ3n) is 1.70. The van der Waals surface area contributed by atoms with Crippen molar-refractivity contribution in [1.29, 1.82) is 5.26 Å². The molecular formula is C9H10N2O2. The van der Waals surface area contributed by atoms with E-state index in [0.717, 1.165) is 0 Å². The maximum absolute atomic E-state index is 11.2. The number of H-pyrrole nitrogens is 1. The summed E-state index contributed by atoms with van der Waals surface area (Å²) in [5.74, 6) is 0. The lowest BCUT2D eigenvalue weighted by Crippen LogP contribution is -2.14. The minimum Gasteiger partial charge on any atom is -0.378 e. The van der Waals surface area contributed by atoms with E-state index in [0.29, 0.717) is 17.9 Å². The van der Waals surface area contributed by atoms with Gasteiger partial charge >= 0.3 is 0 Å². The molecule has 1 aromatic rings. The summed E-state index contributed by atoms with van der Waals surface area (Å²) in [7, 11) is 1.55. The van der Waals surface area contributed by atoms with Crippen molar-refractivity contribution < 1.29 is 4.74 Å². The fraction of sp³-hybridized carbons (Fsp3) is 0.333.